The lowest BCUT2D eigenvalue weighted by Crippen LogP contribution is -2.24. The number of nitrogens with one attached hydrogen (secondary N) is 2. The zero-order chi connectivity index (χ0) is 18.2. The van der Waals surface area contributed by atoms with Crippen molar-refractivity contribution in [2.45, 2.75) is 13.0 Å². The van der Waals surface area contributed by atoms with E-state index in [1.54, 1.807) is 36.7 Å². The normalized spacial score (nSPS) is 10.3. The van der Waals surface area contributed by atoms with Gasteiger partial charge in [-0.1, -0.05) is 24.3 Å². The van der Waals surface area contributed by atoms with Gasteiger partial charge in [-0.2, -0.15) is 0 Å². The Morgan fingerprint density at radius 2 is 1.96 bits per heavy atom. The highest BCUT2D eigenvalue weighted by Crippen LogP contribution is 2.08. The number of hydrogen-bond donors (Lipinski definition) is 2. The summed E-state index contributed by atoms with van der Waals surface area (Å²) in [7, 11) is 0. The lowest BCUT2D eigenvalue weighted by Gasteiger charge is -2.08. The van der Waals surface area contributed by atoms with Crippen LogP contribution in [-0.2, 0) is 13.0 Å². The number of pyridine rings is 1. The Morgan fingerprint density at radius 3 is 2.77 bits per heavy atom. The molecule has 2 heterocycles. The SMILES string of the molecule is O=C(NCc1cccnc1)c1ccnc(NCCc2ccccc2F)n1. The number of nitrogens with zero attached hydrogens (tertiary/aromatic N) is 3. The van der Waals surface area contributed by atoms with Gasteiger partial charge in [-0.25, -0.2) is 14.4 Å². The molecule has 26 heavy (non-hydrogen) atoms. The van der Waals surface area contributed by atoms with Gasteiger partial charge in [-0.05, 0) is 35.7 Å². The second-order valence-electron chi connectivity index (χ2n) is 5.58. The van der Waals surface area contributed by atoms with Crippen LogP contribution in [0.2, 0.25) is 0 Å². The topological polar surface area (TPSA) is 79.8 Å². The van der Waals surface area contributed by atoms with Crippen LogP contribution in [0.1, 0.15) is 21.6 Å². The van der Waals surface area contributed by atoms with Crippen molar-refractivity contribution < 1.29 is 9.18 Å². The molecule has 0 atom stereocenters. The standard InChI is InChI=1S/C19H18FN5O/c20-16-6-2-1-5-15(16)7-10-22-19-23-11-8-17(25-19)18(26)24-13-14-4-3-9-21-12-14/h1-6,8-9,11-12H,7,10,13H2,(H,24,26)(H,22,23,25). The fourth-order valence-electron chi connectivity index (χ4n) is 2.36. The minimum absolute atomic E-state index is 0.237. The molecule has 0 aliphatic rings. The molecule has 3 aromatic rings. The Morgan fingerprint density at radius 1 is 1.08 bits per heavy atom. The summed E-state index contributed by atoms with van der Waals surface area (Å²) < 4.78 is 13.6. The predicted octanol–water partition coefficient (Wildman–Crippen LogP) is 2.60. The van der Waals surface area contributed by atoms with E-state index in [1.807, 2.05) is 12.1 Å². The molecular formula is C19H18FN5O. The van der Waals surface area contributed by atoms with Crippen LogP contribution in [0.5, 0.6) is 0 Å². The monoisotopic (exact) mass is 351 g/mol. The number of anilines is 1. The Labute approximate surface area is 150 Å². The molecule has 2 aromatic heterocycles. The molecule has 0 aliphatic carbocycles. The van der Waals surface area contributed by atoms with Gasteiger partial charge >= 0.3 is 0 Å². The quantitative estimate of drug-likeness (QED) is 0.684. The number of halogens is 1. The number of amides is 1. The summed E-state index contributed by atoms with van der Waals surface area (Å²) in [6.45, 7) is 0.828. The van der Waals surface area contributed by atoms with Gasteiger partial charge in [0.15, 0.2) is 0 Å². The molecule has 1 amide bonds. The molecule has 0 radical (unpaired) electrons. The van der Waals surface area contributed by atoms with E-state index in [4.69, 9.17) is 0 Å². The first kappa shape index (κ1) is 17.5. The summed E-state index contributed by atoms with van der Waals surface area (Å²) in [6, 6.07) is 11.8. The Balaban J connectivity index is 1.54. The second-order valence-corrected chi connectivity index (χ2v) is 5.58. The molecule has 0 unspecified atom stereocenters. The van der Waals surface area contributed by atoms with Gasteiger partial charge in [0, 0.05) is 31.7 Å². The Bertz CT molecular complexity index is 873. The van der Waals surface area contributed by atoms with Crippen molar-refractivity contribution in [2.24, 2.45) is 0 Å². The molecule has 0 aliphatic heterocycles. The third-order valence-electron chi connectivity index (χ3n) is 3.70. The van der Waals surface area contributed by atoms with Crippen LogP contribution in [0.3, 0.4) is 0 Å². The summed E-state index contributed by atoms with van der Waals surface area (Å²) >= 11 is 0. The molecule has 0 saturated heterocycles. The molecule has 1 aromatic carbocycles. The zero-order valence-electron chi connectivity index (χ0n) is 14.0. The molecule has 6 nitrogen and oxygen atoms in total. The van der Waals surface area contributed by atoms with Crippen LogP contribution in [0.4, 0.5) is 10.3 Å². The largest absolute Gasteiger partial charge is 0.354 e. The van der Waals surface area contributed by atoms with Gasteiger partial charge in [-0.3, -0.25) is 9.78 Å². The molecule has 0 spiro atoms. The van der Waals surface area contributed by atoms with Crippen LogP contribution in [0, 0.1) is 5.82 Å². The Hall–Kier alpha value is -3.35. The van der Waals surface area contributed by atoms with Crippen molar-refractivity contribution in [2.75, 3.05) is 11.9 Å². The maximum absolute atomic E-state index is 13.6. The van der Waals surface area contributed by atoms with Gasteiger partial charge in [0.2, 0.25) is 5.95 Å². The van der Waals surface area contributed by atoms with Gasteiger partial charge in [0.1, 0.15) is 11.5 Å². The number of carbonyl (C=O) groups excluding carboxylic acids is 1. The van der Waals surface area contributed by atoms with Crippen molar-refractivity contribution in [3.63, 3.8) is 0 Å². The van der Waals surface area contributed by atoms with Crippen molar-refractivity contribution in [1.29, 1.82) is 0 Å². The first-order chi connectivity index (χ1) is 12.7. The molecule has 7 heteroatoms. The minimum atomic E-state index is -0.298. The lowest BCUT2D eigenvalue weighted by molar-refractivity contribution is 0.0946. The number of hydrogen-bond acceptors (Lipinski definition) is 5. The van der Waals surface area contributed by atoms with Crippen LogP contribution in [0.25, 0.3) is 0 Å². The maximum atomic E-state index is 13.6. The van der Waals surface area contributed by atoms with Crippen molar-refractivity contribution in [3.8, 4) is 0 Å². The zero-order valence-corrected chi connectivity index (χ0v) is 14.0. The highest BCUT2D eigenvalue weighted by Gasteiger charge is 2.09. The van der Waals surface area contributed by atoms with Gasteiger partial charge in [0.05, 0.1) is 0 Å². The van der Waals surface area contributed by atoms with E-state index in [0.29, 0.717) is 31.0 Å². The van der Waals surface area contributed by atoms with E-state index in [1.165, 1.54) is 12.3 Å². The van der Waals surface area contributed by atoms with E-state index in [2.05, 4.69) is 25.6 Å². The summed E-state index contributed by atoms with van der Waals surface area (Å²) in [4.78, 5) is 24.5. The third-order valence-corrected chi connectivity index (χ3v) is 3.70. The molecule has 132 valence electrons. The van der Waals surface area contributed by atoms with E-state index in [9.17, 15) is 9.18 Å². The number of carbonyl (C=O) groups is 1. The maximum Gasteiger partial charge on any atom is 0.270 e. The molecule has 0 fully saturated rings. The van der Waals surface area contributed by atoms with Gasteiger partial charge in [0.25, 0.3) is 5.91 Å². The van der Waals surface area contributed by atoms with Crippen LogP contribution < -0.4 is 10.6 Å². The summed E-state index contributed by atoms with van der Waals surface area (Å²) in [5, 5.41) is 5.80. The second kappa shape index (κ2) is 8.66. The fraction of sp³-hybridized carbons (Fsp3) is 0.158. The molecule has 2 N–H and O–H groups in total. The number of aromatic nitrogens is 3. The van der Waals surface area contributed by atoms with E-state index in [0.717, 1.165) is 5.56 Å². The van der Waals surface area contributed by atoms with Crippen molar-refractivity contribution in [3.05, 3.63) is 83.7 Å². The van der Waals surface area contributed by atoms with Crippen LogP contribution in [-0.4, -0.2) is 27.4 Å². The summed E-state index contributed by atoms with van der Waals surface area (Å²) in [5.74, 6) is -0.206. The summed E-state index contributed by atoms with van der Waals surface area (Å²) in [6.07, 6.45) is 5.37. The van der Waals surface area contributed by atoms with E-state index >= 15 is 0 Å². The fourth-order valence-corrected chi connectivity index (χ4v) is 2.36. The average Bonchev–Trinajstić information content (AvgIpc) is 2.69. The first-order valence-electron chi connectivity index (χ1n) is 8.20. The highest BCUT2D eigenvalue weighted by molar-refractivity contribution is 5.92. The molecule has 0 saturated carbocycles. The van der Waals surface area contributed by atoms with Gasteiger partial charge in [-0.15, -0.1) is 0 Å². The van der Waals surface area contributed by atoms with Crippen molar-refractivity contribution >= 4 is 11.9 Å². The number of rotatable bonds is 7. The Kier molecular flexibility index (Phi) is 5.82. The smallest absolute Gasteiger partial charge is 0.270 e. The van der Waals surface area contributed by atoms with Crippen LogP contribution >= 0.6 is 0 Å². The average molecular weight is 351 g/mol. The highest BCUT2D eigenvalue weighted by atomic mass is 19.1. The number of benzene rings is 1. The molecular weight excluding hydrogens is 333 g/mol. The first-order valence-corrected chi connectivity index (χ1v) is 8.20. The van der Waals surface area contributed by atoms with Gasteiger partial charge < -0.3 is 10.6 Å². The van der Waals surface area contributed by atoms with E-state index in [-0.39, 0.29) is 17.4 Å². The third kappa shape index (κ3) is 4.83. The predicted molar refractivity (Wildman–Crippen MR) is 96.0 cm³/mol. The molecule has 3 rings (SSSR count). The molecule has 0 bridgehead atoms. The van der Waals surface area contributed by atoms with Crippen LogP contribution in [0.15, 0.2) is 61.1 Å². The minimum Gasteiger partial charge on any atom is -0.354 e. The van der Waals surface area contributed by atoms with Crippen molar-refractivity contribution in [1.82, 2.24) is 20.3 Å². The summed E-state index contributed by atoms with van der Waals surface area (Å²) in [5.41, 5.74) is 1.78. The van der Waals surface area contributed by atoms with E-state index < -0.39 is 0 Å². The lowest BCUT2D eigenvalue weighted by atomic mass is 10.1.